The molecular weight excluding hydrogens is 270 g/mol. The summed E-state index contributed by atoms with van der Waals surface area (Å²) in [5, 5.41) is 3.35. The molecule has 0 radical (unpaired) electrons. The summed E-state index contributed by atoms with van der Waals surface area (Å²) in [6.45, 7) is 5.53. The van der Waals surface area contributed by atoms with Crippen molar-refractivity contribution in [3.63, 3.8) is 0 Å². The van der Waals surface area contributed by atoms with E-state index in [0.717, 1.165) is 22.5 Å². The van der Waals surface area contributed by atoms with Crippen LogP contribution in [0.5, 0.6) is 5.75 Å². The first-order valence-corrected chi connectivity index (χ1v) is 6.14. The number of rotatable bonds is 6. The van der Waals surface area contributed by atoms with E-state index in [-0.39, 0.29) is 6.04 Å². The second-order valence-corrected chi connectivity index (χ2v) is 4.41. The molecule has 1 unspecified atom stereocenters. The fourth-order valence-corrected chi connectivity index (χ4v) is 1.78. The first-order chi connectivity index (χ1) is 7.67. The highest BCUT2D eigenvalue weighted by Crippen LogP contribution is 2.28. The Morgan fingerprint density at radius 2 is 2.19 bits per heavy atom. The smallest absolute Gasteiger partial charge is 0.135 e. The van der Waals surface area contributed by atoms with Crippen molar-refractivity contribution < 1.29 is 9.47 Å². The van der Waals surface area contributed by atoms with Crippen molar-refractivity contribution in [3.8, 4) is 5.75 Å². The van der Waals surface area contributed by atoms with Crippen LogP contribution in [0, 0.1) is 0 Å². The average Bonchev–Trinajstić information content (AvgIpc) is 2.29. The van der Waals surface area contributed by atoms with E-state index in [1.165, 1.54) is 0 Å². The summed E-state index contributed by atoms with van der Waals surface area (Å²) in [5.41, 5.74) is 1.03. The quantitative estimate of drug-likeness (QED) is 0.871. The third-order valence-electron chi connectivity index (χ3n) is 2.14. The van der Waals surface area contributed by atoms with Crippen molar-refractivity contribution in [2.75, 3.05) is 25.6 Å². The maximum atomic E-state index is 5.34. The predicted molar refractivity (Wildman–Crippen MR) is 70.3 cm³/mol. The van der Waals surface area contributed by atoms with E-state index in [9.17, 15) is 0 Å². The van der Waals surface area contributed by atoms with E-state index < -0.39 is 0 Å². The van der Waals surface area contributed by atoms with Crippen LogP contribution in [-0.4, -0.2) is 26.4 Å². The lowest BCUT2D eigenvalue weighted by molar-refractivity contribution is 0.141. The second kappa shape index (κ2) is 6.76. The summed E-state index contributed by atoms with van der Waals surface area (Å²) in [4.78, 5) is 0. The first-order valence-electron chi connectivity index (χ1n) is 5.35. The number of anilines is 1. The Bertz CT molecular complexity index is 331. The molecule has 0 aliphatic carbocycles. The molecule has 0 bridgehead atoms. The molecule has 0 saturated carbocycles. The molecule has 1 aromatic carbocycles. The van der Waals surface area contributed by atoms with Gasteiger partial charge in [0.15, 0.2) is 0 Å². The normalized spacial score (nSPS) is 12.2. The Labute approximate surface area is 105 Å². The van der Waals surface area contributed by atoms with Crippen LogP contribution in [0.1, 0.15) is 13.8 Å². The predicted octanol–water partition coefficient (Wildman–Crippen LogP) is 3.29. The Kier molecular flexibility index (Phi) is 5.63. The molecule has 1 rings (SSSR count). The van der Waals surface area contributed by atoms with Crippen LogP contribution in [0.15, 0.2) is 22.7 Å². The molecule has 3 nitrogen and oxygen atoms in total. The molecule has 1 atom stereocenters. The van der Waals surface area contributed by atoms with E-state index in [0.29, 0.717) is 6.61 Å². The zero-order chi connectivity index (χ0) is 12.0. The van der Waals surface area contributed by atoms with Crippen LogP contribution in [0.2, 0.25) is 0 Å². The molecule has 0 aromatic heterocycles. The monoisotopic (exact) mass is 287 g/mol. The van der Waals surface area contributed by atoms with Crippen molar-refractivity contribution in [2.45, 2.75) is 19.9 Å². The lowest BCUT2D eigenvalue weighted by Crippen LogP contribution is -2.21. The third-order valence-corrected chi connectivity index (χ3v) is 2.79. The van der Waals surface area contributed by atoms with Crippen molar-refractivity contribution in [1.29, 1.82) is 0 Å². The van der Waals surface area contributed by atoms with Gasteiger partial charge in [-0.25, -0.2) is 0 Å². The van der Waals surface area contributed by atoms with E-state index in [1.807, 2.05) is 25.1 Å². The van der Waals surface area contributed by atoms with Gasteiger partial charge in [0.05, 0.1) is 18.2 Å². The number of halogens is 1. The van der Waals surface area contributed by atoms with Crippen LogP contribution < -0.4 is 10.1 Å². The summed E-state index contributed by atoms with van der Waals surface area (Å²) < 4.78 is 11.5. The maximum Gasteiger partial charge on any atom is 0.135 e. The highest BCUT2D eigenvalue weighted by Gasteiger charge is 2.05. The van der Waals surface area contributed by atoms with E-state index in [2.05, 4.69) is 28.2 Å². The van der Waals surface area contributed by atoms with Crippen LogP contribution >= 0.6 is 15.9 Å². The standard InChI is InChI=1S/C12H18BrNO2/c1-4-16-8-9(2)14-10-5-6-11(13)12(7-10)15-3/h5-7,9,14H,4,8H2,1-3H3. The van der Waals surface area contributed by atoms with Gasteiger partial charge in [-0.3, -0.25) is 0 Å². The van der Waals surface area contributed by atoms with Crippen molar-refractivity contribution in [2.24, 2.45) is 0 Å². The minimum Gasteiger partial charge on any atom is -0.495 e. The molecule has 0 fully saturated rings. The SMILES string of the molecule is CCOCC(C)Nc1ccc(Br)c(OC)c1. The van der Waals surface area contributed by atoms with Gasteiger partial charge in [-0.05, 0) is 41.9 Å². The number of ether oxygens (including phenoxy) is 2. The lowest BCUT2D eigenvalue weighted by Gasteiger charge is -2.16. The van der Waals surface area contributed by atoms with E-state index >= 15 is 0 Å². The Morgan fingerprint density at radius 1 is 1.44 bits per heavy atom. The average molecular weight is 288 g/mol. The minimum atomic E-state index is 0.283. The van der Waals surface area contributed by atoms with Crippen LogP contribution in [-0.2, 0) is 4.74 Å². The van der Waals surface area contributed by atoms with Gasteiger partial charge in [0.2, 0.25) is 0 Å². The summed E-state index contributed by atoms with van der Waals surface area (Å²) in [5.74, 6) is 0.827. The molecule has 90 valence electrons. The number of benzene rings is 1. The van der Waals surface area contributed by atoms with Gasteiger partial charge in [-0.1, -0.05) is 0 Å². The molecule has 0 heterocycles. The van der Waals surface area contributed by atoms with Gasteiger partial charge < -0.3 is 14.8 Å². The number of hydrogen-bond acceptors (Lipinski definition) is 3. The Morgan fingerprint density at radius 3 is 2.81 bits per heavy atom. The van der Waals surface area contributed by atoms with Gasteiger partial charge in [-0.2, -0.15) is 0 Å². The molecule has 0 aliphatic rings. The summed E-state index contributed by atoms with van der Waals surface area (Å²) in [6, 6.07) is 6.22. The third kappa shape index (κ3) is 4.02. The fourth-order valence-electron chi connectivity index (χ4n) is 1.37. The molecule has 0 spiro atoms. The van der Waals surface area contributed by atoms with Crippen molar-refractivity contribution >= 4 is 21.6 Å². The number of methoxy groups -OCH3 is 1. The maximum absolute atomic E-state index is 5.34. The van der Waals surface area contributed by atoms with Crippen molar-refractivity contribution in [1.82, 2.24) is 0 Å². The Hall–Kier alpha value is -0.740. The summed E-state index contributed by atoms with van der Waals surface area (Å²) >= 11 is 3.42. The molecular formula is C12H18BrNO2. The molecule has 0 saturated heterocycles. The number of hydrogen-bond donors (Lipinski definition) is 1. The zero-order valence-electron chi connectivity index (χ0n) is 9.92. The first kappa shape index (κ1) is 13.3. The summed E-state index contributed by atoms with van der Waals surface area (Å²) in [7, 11) is 1.66. The zero-order valence-corrected chi connectivity index (χ0v) is 11.5. The highest BCUT2D eigenvalue weighted by molar-refractivity contribution is 9.10. The van der Waals surface area contributed by atoms with Gasteiger partial charge in [0, 0.05) is 24.4 Å². The molecule has 0 aliphatic heterocycles. The van der Waals surface area contributed by atoms with E-state index in [1.54, 1.807) is 7.11 Å². The van der Waals surface area contributed by atoms with Gasteiger partial charge in [-0.15, -0.1) is 0 Å². The minimum absolute atomic E-state index is 0.283. The number of nitrogens with one attached hydrogen (secondary N) is 1. The van der Waals surface area contributed by atoms with Crippen LogP contribution in [0.4, 0.5) is 5.69 Å². The van der Waals surface area contributed by atoms with Crippen LogP contribution in [0.3, 0.4) is 0 Å². The van der Waals surface area contributed by atoms with E-state index in [4.69, 9.17) is 9.47 Å². The largest absolute Gasteiger partial charge is 0.495 e. The molecule has 0 amide bonds. The fraction of sp³-hybridized carbons (Fsp3) is 0.500. The van der Waals surface area contributed by atoms with Crippen LogP contribution in [0.25, 0.3) is 0 Å². The molecule has 1 aromatic rings. The second-order valence-electron chi connectivity index (χ2n) is 3.55. The highest BCUT2D eigenvalue weighted by atomic mass is 79.9. The molecule has 16 heavy (non-hydrogen) atoms. The van der Waals surface area contributed by atoms with Gasteiger partial charge in [0.1, 0.15) is 5.75 Å². The molecule has 4 heteroatoms. The van der Waals surface area contributed by atoms with Gasteiger partial charge >= 0.3 is 0 Å². The lowest BCUT2D eigenvalue weighted by atomic mass is 10.2. The molecule has 1 N–H and O–H groups in total. The topological polar surface area (TPSA) is 30.5 Å². The van der Waals surface area contributed by atoms with Gasteiger partial charge in [0.25, 0.3) is 0 Å². The van der Waals surface area contributed by atoms with Crippen molar-refractivity contribution in [3.05, 3.63) is 22.7 Å². The Balaban J connectivity index is 2.59. The summed E-state index contributed by atoms with van der Waals surface area (Å²) in [6.07, 6.45) is 0.